The van der Waals surface area contributed by atoms with Crippen LogP contribution in [0, 0.1) is 0 Å². The van der Waals surface area contributed by atoms with Gasteiger partial charge in [0.1, 0.15) is 11.5 Å². The zero-order valence-electron chi connectivity index (χ0n) is 25.2. The fourth-order valence-electron chi connectivity index (χ4n) is 5.02. The molecular weight excluding hydrogens is 631 g/mol. The zero-order chi connectivity index (χ0) is 32.8. The van der Waals surface area contributed by atoms with E-state index in [9.17, 15) is 14.7 Å². The number of fused-ring (bicyclic) bond motifs is 2. The molecule has 2 aromatic heterocycles. The van der Waals surface area contributed by atoms with E-state index in [0.29, 0.717) is 52.3 Å². The lowest BCUT2D eigenvalue weighted by molar-refractivity contribution is 0.0520. The van der Waals surface area contributed by atoms with Crippen LogP contribution in [0.4, 0.5) is 0 Å². The van der Waals surface area contributed by atoms with Crippen LogP contribution < -0.4 is 9.47 Å². The fraction of sp³-hybridized carbons (Fsp3) is 0.176. The van der Waals surface area contributed by atoms with E-state index in [1.807, 2.05) is 48.5 Å². The number of aromatic nitrogens is 4. The number of methoxy groups -OCH3 is 2. The number of benzene rings is 4. The number of esters is 1. The highest BCUT2D eigenvalue weighted by Crippen LogP contribution is 2.28. The van der Waals surface area contributed by atoms with E-state index in [1.54, 1.807) is 66.9 Å². The molecule has 0 spiro atoms. The SMILES string of the molecule is CCOC(=O)c1nn(Cc2ccc(Cl)cc2OC)c2ccccc12.COc1cc(Cl)ccc1Cn1nc(C(=O)O)c2ccccc21. The Balaban J connectivity index is 0.000000182. The molecule has 0 amide bonds. The number of carboxylic acids is 1. The zero-order valence-corrected chi connectivity index (χ0v) is 26.7. The first-order valence-electron chi connectivity index (χ1n) is 14.2. The molecule has 0 saturated carbocycles. The van der Waals surface area contributed by atoms with Gasteiger partial charge in [-0.15, -0.1) is 0 Å². The number of hydrogen-bond donors (Lipinski definition) is 1. The quantitative estimate of drug-likeness (QED) is 0.160. The van der Waals surface area contributed by atoms with Gasteiger partial charge in [-0.2, -0.15) is 10.2 Å². The van der Waals surface area contributed by atoms with E-state index in [1.165, 1.54) is 0 Å². The highest BCUT2D eigenvalue weighted by atomic mass is 35.5. The van der Waals surface area contributed by atoms with Crippen molar-refractivity contribution in [3.05, 3.63) is 117 Å². The highest BCUT2D eigenvalue weighted by molar-refractivity contribution is 6.31. The predicted molar refractivity (Wildman–Crippen MR) is 177 cm³/mol. The van der Waals surface area contributed by atoms with Gasteiger partial charge in [-0.05, 0) is 43.3 Å². The lowest BCUT2D eigenvalue weighted by atomic mass is 10.2. The van der Waals surface area contributed by atoms with Crippen LogP contribution in [0.3, 0.4) is 0 Å². The molecule has 6 rings (SSSR count). The predicted octanol–water partition coefficient (Wildman–Crippen LogP) is 7.37. The van der Waals surface area contributed by atoms with E-state index in [4.69, 9.17) is 37.4 Å². The van der Waals surface area contributed by atoms with Gasteiger partial charge in [-0.3, -0.25) is 9.36 Å². The molecule has 12 heteroatoms. The average Bonchev–Trinajstić information content (AvgIpc) is 3.62. The number of halogens is 2. The van der Waals surface area contributed by atoms with Gasteiger partial charge in [0.25, 0.3) is 0 Å². The summed E-state index contributed by atoms with van der Waals surface area (Å²) in [4.78, 5) is 23.5. The number of ether oxygens (including phenoxy) is 3. The second kappa shape index (κ2) is 14.4. The van der Waals surface area contributed by atoms with E-state index >= 15 is 0 Å². The third kappa shape index (κ3) is 6.93. The van der Waals surface area contributed by atoms with Crippen LogP contribution in [0.1, 0.15) is 39.0 Å². The van der Waals surface area contributed by atoms with E-state index < -0.39 is 11.9 Å². The summed E-state index contributed by atoms with van der Waals surface area (Å²) in [5.41, 5.74) is 3.78. The lowest BCUT2D eigenvalue weighted by Gasteiger charge is -2.09. The summed E-state index contributed by atoms with van der Waals surface area (Å²) >= 11 is 12.0. The van der Waals surface area contributed by atoms with Crippen LogP contribution in [0.2, 0.25) is 10.0 Å². The second-order valence-electron chi connectivity index (χ2n) is 9.98. The molecule has 0 radical (unpaired) electrons. The van der Waals surface area contributed by atoms with Crippen LogP contribution >= 0.6 is 23.2 Å². The van der Waals surface area contributed by atoms with E-state index in [-0.39, 0.29) is 5.69 Å². The van der Waals surface area contributed by atoms with Crippen molar-refractivity contribution in [1.82, 2.24) is 19.6 Å². The molecule has 4 aromatic carbocycles. The maximum atomic E-state index is 12.2. The van der Waals surface area contributed by atoms with Crippen molar-refractivity contribution in [3.63, 3.8) is 0 Å². The summed E-state index contributed by atoms with van der Waals surface area (Å²) in [5.74, 6) is -0.141. The molecule has 0 aliphatic carbocycles. The summed E-state index contributed by atoms with van der Waals surface area (Å²) in [6.07, 6.45) is 0. The Bertz CT molecular complexity index is 2040. The Morgan fingerprint density at radius 2 is 1.17 bits per heavy atom. The van der Waals surface area contributed by atoms with Crippen LogP contribution in [0.25, 0.3) is 21.8 Å². The van der Waals surface area contributed by atoms with Gasteiger partial charge in [0.15, 0.2) is 11.4 Å². The Morgan fingerprint density at radius 1 is 0.717 bits per heavy atom. The largest absolute Gasteiger partial charge is 0.496 e. The van der Waals surface area contributed by atoms with Gasteiger partial charge in [0.05, 0.1) is 44.9 Å². The average molecular weight is 662 g/mol. The topological polar surface area (TPSA) is 118 Å². The Labute approximate surface area is 274 Å². The summed E-state index contributed by atoms with van der Waals surface area (Å²) in [7, 11) is 3.17. The van der Waals surface area contributed by atoms with Crippen LogP contribution in [0.15, 0.2) is 84.9 Å². The van der Waals surface area contributed by atoms with Crippen LogP contribution in [-0.4, -0.2) is 57.4 Å². The minimum atomic E-state index is -1.04. The maximum absolute atomic E-state index is 12.2. The molecule has 6 aromatic rings. The first-order valence-corrected chi connectivity index (χ1v) is 15.0. The summed E-state index contributed by atoms with van der Waals surface area (Å²) in [5, 5.41) is 20.5. The molecule has 0 atom stereocenters. The second-order valence-corrected chi connectivity index (χ2v) is 10.9. The number of para-hydroxylation sites is 2. The summed E-state index contributed by atoms with van der Waals surface area (Å²) in [6.45, 7) is 2.94. The smallest absolute Gasteiger partial charge is 0.359 e. The van der Waals surface area contributed by atoms with Gasteiger partial charge in [0.2, 0.25) is 0 Å². The van der Waals surface area contributed by atoms with Gasteiger partial charge >= 0.3 is 11.9 Å². The maximum Gasteiger partial charge on any atom is 0.359 e. The van der Waals surface area contributed by atoms with Crippen molar-refractivity contribution in [2.75, 3.05) is 20.8 Å². The van der Waals surface area contributed by atoms with Crippen molar-refractivity contribution in [2.24, 2.45) is 0 Å². The van der Waals surface area contributed by atoms with Crippen molar-refractivity contribution in [3.8, 4) is 11.5 Å². The Kier molecular flexibility index (Phi) is 10.1. The van der Waals surface area contributed by atoms with Crippen molar-refractivity contribution in [1.29, 1.82) is 0 Å². The molecule has 236 valence electrons. The molecule has 0 bridgehead atoms. The molecule has 0 aliphatic rings. The highest BCUT2D eigenvalue weighted by Gasteiger charge is 2.19. The number of carbonyl (C=O) groups excluding carboxylic acids is 1. The number of carboxylic acid groups (broad SMARTS) is 1. The molecule has 10 nitrogen and oxygen atoms in total. The Hall–Kier alpha value is -5.06. The summed E-state index contributed by atoms with van der Waals surface area (Å²) in [6, 6.07) is 25.6. The number of carbonyl (C=O) groups is 2. The van der Waals surface area contributed by atoms with Gasteiger partial charge in [0, 0.05) is 31.9 Å². The van der Waals surface area contributed by atoms with Gasteiger partial charge < -0.3 is 19.3 Å². The minimum Gasteiger partial charge on any atom is -0.496 e. The van der Waals surface area contributed by atoms with E-state index in [2.05, 4.69) is 10.2 Å². The molecule has 46 heavy (non-hydrogen) atoms. The molecule has 2 heterocycles. The number of hydrogen-bond acceptors (Lipinski definition) is 7. The van der Waals surface area contributed by atoms with E-state index in [0.717, 1.165) is 27.5 Å². The molecular formula is C34H30Cl2N4O6. The Morgan fingerprint density at radius 3 is 1.63 bits per heavy atom. The monoisotopic (exact) mass is 660 g/mol. The molecule has 0 aliphatic heterocycles. The van der Waals surface area contributed by atoms with Crippen molar-refractivity contribution >= 4 is 56.9 Å². The van der Waals surface area contributed by atoms with Gasteiger partial charge in [-0.25, -0.2) is 9.59 Å². The van der Waals surface area contributed by atoms with Crippen LogP contribution in [0.5, 0.6) is 11.5 Å². The van der Waals surface area contributed by atoms with Crippen LogP contribution in [-0.2, 0) is 17.8 Å². The number of aromatic carboxylic acids is 1. The molecule has 0 unspecified atom stereocenters. The first-order chi connectivity index (χ1) is 22.2. The number of nitrogens with zero attached hydrogens (tertiary/aromatic N) is 4. The summed E-state index contributed by atoms with van der Waals surface area (Å²) < 4.78 is 19.2. The third-order valence-electron chi connectivity index (χ3n) is 7.13. The molecule has 1 N–H and O–H groups in total. The molecule has 0 saturated heterocycles. The molecule has 0 fully saturated rings. The van der Waals surface area contributed by atoms with Gasteiger partial charge in [-0.1, -0.05) is 71.7 Å². The third-order valence-corrected chi connectivity index (χ3v) is 7.60. The van der Waals surface area contributed by atoms with Crippen molar-refractivity contribution in [2.45, 2.75) is 20.0 Å². The van der Waals surface area contributed by atoms with Crippen molar-refractivity contribution < 1.29 is 28.9 Å². The normalized spacial score (nSPS) is 10.8. The lowest BCUT2D eigenvalue weighted by Crippen LogP contribution is -2.08. The number of rotatable bonds is 9. The standard InChI is InChI=1S/C18H17ClN2O3.C16H13ClN2O3/c1-3-24-18(22)17-14-6-4-5-7-15(14)21(20-17)11-12-8-9-13(19)10-16(12)23-2;1-22-14-8-11(17)7-6-10(14)9-19-13-5-3-2-4-12(13)15(18-19)16(20)21/h4-10H,3,11H2,1-2H3;2-8H,9H2,1H3,(H,20,21). The first kappa shape index (κ1) is 32.3. The fourth-order valence-corrected chi connectivity index (χ4v) is 5.35. The minimum absolute atomic E-state index is 0.0449.